The Morgan fingerprint density at radius 1 is 1.19 bits per heavy atom. The number of carboxylic acids is 1. The van der Waals surface area contributed by atoms with Gasteiger partial charge >= 0.3 is 5.97 Å². The number of anilines is 1. The van der Waals surface area contributed by atoms with E-state index in [1.54, 1.807) is 0 Å². The fourth-order valence-electron chi connectivity index (χ4n) is 6.30. The van der Waals surface area contributed by atoms with E-state index in [0.717, 1.165) is 74.3 Å². The third-order valence-electron chi connectivity index (χ3n) is 8.52. The van der Waals surface area contributed by atoms with Gasteiger partial charge in [0.15, 0.2) is 0 Å². The molecular formula is C30H39N3O4. The third-order valence-corrected chi connectivity index (χ3v) is 8.52. The molecule has 1 aliphatic carbocycles. The molecule has 6 rings (SSSR count). The highest BCUT2D eigenvalue weighted by molar-refractivity contribution is 5.76. The number of rotatable bonds is 10. The molecule has 0 amide bonds. The van der Waals surface area contributed by atoms with Crippen molar-refractivity contribution in [2.75, 3.05) is 31.6 Å². The minimum Gasteiger partial charge on any atom is -0.480 e. The highest BCUT2D eigenvalue weighted by Crippen LogP contribution is 2.41. The van der Waals surface area contributed by atoms with E-state index in [-0.39, 0.29) is 12.2 Å². The Kier molecular flexibility index (Phi) is 7.45. The van der Waals surface area contributed by atoms with Crippen molar-refractivity contribution in [3.63, 3.8) is 0 Å². The Morgan fingerprint density at radius 3 is 2.97 bits per heavy atom. The molecule has 1 saturated heterocycles. The Balaban J connectivity index is 1.01. The van der Waals surface area contributed by atoms with Gasteiger partial charge in [-0.05, 0) is 92.0 Å². The lowest BCUT2D eigenvalue weighted by molar-refractivity contribution is -0.143. The second kappa shape index (κ2) is 11.1. The summed E-state index contributed by atoms with van der Waals surface area (Å²) in [7, 11) is 0. The van der Waals surface area contributed by atoms with Crippen molar-refractivity contribution in [2.24, 2.45) is 5.92 Å². The maximum Gasteiger partial charge on any atom is 0.325 e. The Bertz CT molecular complexity index is 1120. The zero-order chi connectivity index (χ0) is 25.2. The molecule has 7 heteroatoms. The van der Waals surface area contributed by atoms with Gasteiger partial charge in [-0.15, -0.1) is 0 Å². The molecule has 2 aromatic rings. The van der Waals surface area contributed by atoms with Crippen LogP contribution in [0.3, 0.4) is 0 Å². The first-order chi connectivity index (χ1) is 18.2. The molecule has 4 aliphatic rings. The SMILES string of the molecule is O=C(O)[C@@H](c1cccc2c1CC(C1CC1)OC2)N1CC[C@@H](OCCCCc2ccc3c(n2)NCCC3)C1. The number of nitrogens with one attached hydrogen (secondary N) is 1. The van der Waals surface area contributed by atoms with Crippen molar-refractivity contribution in [3.05, 3.63) is 58.3 Å². The second-order valence-corrected chi connectivity index (χ2v) is 11.2. The van der Waals surface area contributed by atoms with E-state index >= 15 is 0 Å². The van der Waals surface area contributed by atoms with Gasteiger partial charge < -0.3 is 19.9 Å². The van der Waals surface area contributed by atoms with Crippen LogP contribution < -0.4 is 5.32 Å². The minimum absolute atomic E-state index is 0.0926. The Morgan fingerprint density at radius 2 is 2.11 bits per heavy atom. The van der Waals surface area contributed by atoms with Crippen molar-refractivity contribution in [3.8, 4) is 0 Å². The molecule has 198 valence electrons. The summed E-state index contributed by atoms with van der Waals surface area (Å²) in [5.41, 5.74) is 5.78. The van der Waals surface area contributed by atoms with E-state index in [0.29, 0.717) is 25.7 Å². The standard InChI is InChI=1S/C30H39N3O4/c34-30(35)28(25-8-3-5-22-19-37-27(17-26(22)25)20-9-10-20)33-15-13-24(18-33)36-16-2-1-7-23-12-11-21-6-4-14-31-29(21)32-23/h3,5,8,11-12,20,24,27-28H,1-2,4,6-7,9-10,13-19H2,(H,31,32)(H,34,35)/t24-,27?,28-/m1/s1. The average molecular weight is 506 g/mol. The molecule has 7 nitrogen and oxygen atoms in total. The molecule has 1 aromatic carbocycles. The van der Waals surface area contributed by atoms with Crippen molar-refractivity contribution < 1.29 is 19.4 Å². The predicted molar refractivity (Wildman–Crippen MR) is 142 cm³/mol. The summed E-state index contributed by atoms with van der Waals surface area (Å²) in [5.74, 6) is 0.943. The smallest absolute Gasteiger partial charge is 0.325 e. The molecule has 1 aromatic heterocycles. The molecule has 3 aliphatic heterocycles. The minimum atomic E-state index is -0.768. The number of unbranched alkanes of at least 4 members (excludes halogenated alkanes) is 1. The van der Waals surface area contributed by atoms with Gasteiger partial charge in [-0.25, -0.2) is 4.98 Å². The van der Waals surface area contributed by atoms with Gasteiger partial charge in [-0.2, -0.15) is 0 Å². The molecule has 0 radical (unpaired) electrons. The molecular weight excluding hydrogens is 466 g/mol. The van der Waals surface area contributed by atoms with Crippen LogP contribution >= 0.6 is 0 Å². The van der Waals surface area contributed by atoms with Crippen LogP contribution in [0.2, 0.25) is 0 Å². The number of nitrogens with zero attached hydrogens (tertiary/aromatic N) is 2. The zero-order valence-corrected chi connectivity index (χ0v) is 21.7. The number of likely N-dealkylation sites (tertiary alicyclic amines) is 1. The number of aryl methyl sites for hydroxylation is 2. The average Bonchev–Trinajstić information content (AvgIpc) is 3.67. The largest absolute Gasteiger partial charge is 0.480 e. The molecule has 1 saturated carbocycles. The fourth-order valence-corrected chi connectivity index (χ4v) is 6.30. The number of hydrogen-bond donors (Lipinski definition) is 2. The van der Waals surface area contributed by atoms with Gasteiger partial charge in [-0.3, -0.25) is 9.69 Å². The van der Waals surface area contributed by atoms with Crippen molar-refractivity contribution in [1.82, 2.24) is 9.88 Å². The summed E-state index contributed by atoms with van der Waals surface area (Å²) in [6.45, 7) is 3.74. The Hall–Kier alpha value is -2.48. The molecule has 2 N–H and O–H groups in total. The molecule has 1 unspecified atom stereocenters. The molecule has 3 atom stereocenters. The number of benzene rings is 1. The first kappa shape index (κ1) is 24.8. The molecule has 4 heterocycles. The van der Waals surface area contributed by atoms with Crippen molar-refractivity contribution in [1.29, 1.82) is 0 Å². The highest BCUT2D eigenvalue weighted by Gasteiger charge is 2.39. The number of pyridine rings is 1. The van der Waals surface area contributed by atoms with Crippen LogP contribution in [0.15, 0.2) is 30.3 Å². The fraction of sp³-hybridized carbons (Fsp3) is 0.600. The molecule has 0 bridgehead atoms. The van der Waals surface area contributed by atoms with Gasteiger partial charge in [0.25, 0.3) is 0 Å². The number of hydrogen-bond acceptors (Lipinski definition) is 6. The summed E-state index contributed by atoms with van der Waals surface area (Å²) in [6.07, 6.45) is 9.80. The number of carboxylic acid groups (broad SMARTS) is 1. The topological polar surface area (TPSA) is 83.9 Å². The van der Waals surface area contributed by atoms with Crippen molar-refractivity contribution >= 4 is 11.8 Å². The maximum atomic E-state index is 12.5. The van der Waals surface area contributed by atoms with E-state index in [1.807, 2.05) is 12.1 Å². The van der Waals surface area contributed by atoms with Crippen molar-refractivity contribution in [2.45, 2.75) is 82.6 Å². The quantitative estimate of drug-likeness (QED) is 0.459. The van der Waals surface area contributed by atoms with E-state index in [9.17, 15) is 9.90 Å². The van der Waals surface area contributed by atoms with Crippen LogP contribution in [-0.2, 0) is 40.1 Å². The van der Waals surface area contributed by atoms with Crippen LogP contribution in [-0.4, -0.2) is 59.4 Å². The lowest BCUT2D eigenvalue weighted by Gasteiger charge is -2.31. The van der Waals surface area contributed by atoms with Gasteiger partial charge in [0.05, 0.1) is 18.8 Å². The number of ether oxygens (including phenoxy) is 2. The van der Waals surface area contributed by atoms with E-state index < -0.39 is 12.0 Å². The normalized spacial score (nSPS) is 24.2. The second-order valence-electron chi connectivity index (χ2n) is 11.2. The number of aliphatic carboxylic acids is 1. The third kappa shape index (κ3) is 5.69. The monoisotopic (exact) mass is 505 g/mol. The summed E-state index contributed by atoms with van der Waals surface area (Å²) in [6, 6.07) is 9.86. The van der Waals surface area contributed by atoms with E-state index in [1.165, 1.54) is 30.4 Å². The Labute approximate surface area is 219 Å². The summed E-state index contributed by atoms with van der Waals surface area (Å²) >= 11 is 0. The first-order valence-corrected chi connectivity index (χ1v) is 14.2. The lowest BCUT2D eigenvalue weighted by Crippen LogP contribution is -2.35. The summed E-state index contributed by atoms with van der Waals surface area (Å²) in [5, 5.41) is 13.7. The van der Waals surface area contributed by atoms with E-state index in [4.69, 9.17) is 14.5 Å². The summed E-state index contributed by atoms with van der Waals surface area (Å²) in [4.78, 5) is 19.4. The van der Waals surface area contributed by atoms with Crippen LogP contribution in [0.25, 0.3) is 0 Å². The van der Waals surface area contributed by atoms with Gasteiger partial charge in [0, 0.05) is 31.9 Å². The summed E-state index contributed by atoms with van der Waals surface area (Å²) < 4.78 is 12.3. The maximum absolute atomic E-state index is 12.5. The van der Waals surface area contributed by atoms with Crippen LogP contribution in [0.1, 0.15) is 72.5 Å². The molecule has 0 spiro atoms. The first-order valence-electron chi connectivity index (χ1n) is 14.2. The number of fused-ring (bicyclic) bond motifs is 2. The predicted octanol–water partition coefficient (Wildman–Crippen LogP) is 4.53. The highest BCUT2D eigenvalue weighted by atomic mass is 16.5. The molecule has 37 heavy (non-hydrogen) atoms. The van der Waals surface area contributed by atoms with Crippen LogP contribution in [0.5, 0.6) is 0 Å². The number of aromatic nitrogens is 1. The van der Waals surface area contributed by atoms with E-state index in [2.05, 4.69) is 28.4 Å². The van der Waals surface area contributed by atoms with Crippen LogP contribution in [0, 0.1) is 5.92 Å². The zero-order valence-electron chi connectivity index (χ0n) is 21.7. The van der Waals surface area contributed by atoms with Gasteiger partial charge in [-0.1, -0.05) is 24.3 Å². The van der Waals surface area contributed by atoms with Crippen LogP contribution in [0.4, 0.5) is 5.82 Å². The molecule has 2 fully saturated rings. The lowest BCUT2D eigenvalue weighted by atomic mass is 9.88. The van der Waals surface area contributed by atoms with Gasteiger partial charge in [0.2, 0.25) is 0 Å². The van der Waals surface area contributed by atoms with Gasteiger partial charge in [0.1, 0.15) is 11.9 Å². The number of carbonyl (C=O) groups is 1.